The number of nitrogens with one attached hydrogen (secondary N) is 1. The van der Waals surface area contributed by atoms with Crippen molar-refractivity contribution in [3.05, 3.63) is 59.7 Å². The van der Waals surface area contributed by atoms with Crippen LogP contribution in [0, 0.1) is 0 Å². The zero-order valence-corrected chi connectivity index (χ0v) is 15.7. The van der Waals surface area contributed by atoms with E-state index in [-0.39, 0.29) is 24.3 Å². The van der Waals surface area contributed by atoms with E-state index in [1.54, 1.807) is 36.4 Å². The number of hydrogen-bond acceptors (Lipinski definition) is 4. The summed E-state index contributed by atoms with van der Waals surface area (Å²) in [6.45, 7) is 1.92. The summed E-state index contributed by atoms with van der Waals surface area (Å²) in [5.41, 5.74) is -0.333. The molecule has 1 N–H and O–H groups in total. The van der Waals surface area contributed by atoms with Gasteiger partial charge in [-0.25, -0.2) is 0 Å². The molecule has 154 valence electrons. The number of ketones is 1. The van der Waals surface area contributed by atoms with Crippen molar-refractivity contribution >= 4 is 23.1 Å². The van der Waals surface area contributed by atoms with Crippen LogP contribution in [-0.4, -0.2) is 38.0 Å². The Morgan fingerprint density at radius 3 is 2.34 bits per heavy atom. The molecule has 0 bridgehead atoms. The summed E-state index contributed by atoms with van der Waals surface area (Å²) in [5.74, 6) is -0.877. The van der Waals surface area contributed by atoms with Crippen LogP contribution in [0.1, 0.15) is 28.8 Å². The van der Waals surface area contributed by atoms with E-state index in [9.17, 15) is 22.8 Å². The third kappa shape index (κ3) is 5.57. The molecule has 0 spiro atoms. The standard InChI is InChI=1S/C21H21F3N2O3/c22-21(23,24)17-14-16(26-10-12-29-13-11-26)6-7-18(17)25-20(28)9-8-19(27)15-4-2-1-3-5-15/h1-7,14H,8-13H2,(H,25,28). The molecule has 5 nitrogen and oxygen atoms in total. The average Bonchev–Trinajstić information content (AvgIpc) is 2.73. The number of carbonyl (C=O) groups excluding carboxylic acids is 2. The number of nitrogens with zero attached hydrogens (tertiary/aromatic N) is 1. The number of alkyl halides is 3. The molecule has 0 saturated carbocycles. The molecule has 1 saturated heterocycles. The van der Waals surface area contributed by atoms with E-state index in [1.165, 1.54) is 6.07 Å². The van der Waals surface area contributed by atoms with Crippen LogP contribution >= 0.6 is 0 Å². The number of rotatable bonds is 6. The highest BCUT2D eigenvalue weighted by atomic mass is 19.4. The van der Waals surface area contributed by atoms with Gasteiger partial charge in [0.25, 0.3) is 0 Å². The van der Waals surface area contributed by atoms with Crippen molar-refractivity contribution in [1.82, 2.24) is 0 Å². The maximum Gasteiger partial charge on any atom is 0.418 e. The summed E-state index contributed by atoms with van der Waals surface area (Å²) in [7, 11) is 0. The maximum atomic E-state index is 13.5. The minimum absolute atomic E-state index is 0.0803. The van der Waals surface area contributed by atoms with Gasteiger partial charge in [-0.05, 0) is 18.2 Å². The van der Waals surface area contributed by atoms with Crippen LogP contribution in [0.4, 0.5) is 24.5 Å². The molecule has 29 heavy (non-hydrogen) atoms. The van der Waals surface area contributed by atoms with Crippen LogP contribution in [0.3, 0.4) is 0 Å². The highest BCUT2D eigenvalue weighted by Crippen LogP contribution is 2.37. The van der Waals surface area contributed by atoms with Crippen molar-refractivity contribution in [3.8, 4) is 0 Å². The van der Waals surface area contributed by atoms with Crippen molar-refractivity contribution in [2.45, 2.75) is 19.0 Å². The Kier molecular flexibility index (Phi) is 6.53. The van der Waals surface area contributed by atoms with E-state index in [0.29, 0.717) is 37.6 Å². The molecule has 8 heteroatoms. The summed E-state index contributed by atoms with van der Waals surface area (Å²) in [5, 5.41) is 2.30. The Balaban J connectivity index is 1.68. The smallest absolute Gasteiger partial charge is 0.378 e. The fraction of sp³-hybridized carbons (Fsp3) is 0.333. The molecule has 0 atom stereocenters. The molecule has 1 aliphatic heterocycles. The van der Waals surface area contributed by atoms with Crippen molar-refractivity contribution in [1.29, 1.82) is 0 Å². The molecular formula is C21H21F3N2O3. The fourth-order valence-corrected chi connectivity index (χ4v) is 3.10. The highest BCUT2D eigenvalue weighted by Gasteiger charge is 2.34. The number of halogens is 3. The lowest BCUT2D eigenvalue weighted by Crippen LogP contribution is -2.36. The SMILES string of the molecule is O=C(CCC(=O)c1ccccc1)Nc1ccc(N2CCOCC2)cc1C(F)(F)F. The maximum absolute atomic E-state index is 13.5. The van der Waals surface area contributed by atoms with Gasteiger partial charge in [0.2, 0.25) is 5.91 Å². The molecular weight excluding hydrogens is 385 g/mol. The molecule has 0 aromatic heterocycles. The predicted molar refractivity (Wildman–Crippen MR) is 103 cm³/mol. The van der Waals surface area contributed by atoms with Gasteiger partial charge in [0, 0.05) is 37.2 Å². The zero-order chi connectivity index (χ0) is 20.9. The van der Waals surface area contributed by atoms with Gasteiger partial charge in [-0.2, -0.15) is 13.2 Å². The van der Waals surface area contributed by atoms with Crippen LogP contribution < -0.4 is 10.2 Å². The molecule has 1 aliphatic rings. The number of hydrogen-bond donors (Lipinski definition) is 1. The number of carbonyl (C=O) groups is 2. The lowest BCUT2D eigenvalue weighted by molar-refractivity contribution is -0.136. The van der Waals surface area contributed by atoms with Crippen molar-refractivity contribution in [3.63, 3.8) is 0 Å². The van der Waals surface area contributed by atoms with Crippen LogP contribution in [0.2, 0.25) is 0 Å². The van der Waals surface area contributed by atoms with E-state index >= 15 is 0 Å². The summed E-state index contributed by atoms with van der Waals surface area (Å²) < 4.78 is 45.8. The first-order valence-electron chi connectivity index (χ1n) is 9.26. The summed E-state index contributed by atoms with van der Waals surface area (Å²) in [6.07, 6.45) is -4.90. The number of ether oxygens (including phenoxy) is 1. The minimum Gasteiger partial charge on any atom is -0.378 e. The second kappa shape index (κ2) is 9.09. The lowest BCUT2D eigenvalue weighted by Gasteiger charge is -2.29. The molecule has 0 radical (unpaired) electrons. The Hall–Kier alpha value is -2.87. The molecule has 1 fully saturated rings. The third-order valence-corrected chi connectivity index (χ3v) is 4.63. The molecule has 3 rings (SSSR count). The number of benzene rings is 2. The van der Waals surface area contributed by atoms with Crippen LogP contribution in [0.25, 0.3) is 0 Å². The summed E-state index contributed by atoms with van der Waals surface area (Å²) >= 11 is 0. The number of anilines is 2. The minimum atomic E-state index is -4.62. The van der Waals surface area contributed by atoms with Gasteiger partial charge in [-0.3, -0.25) is 9.59 Å². The highest BCUT2D eigenvalue weighted by molar-refractivity contribution is 6.00. The van der Waals surface area contributed by atoms with Gasteiger partial charge in [-0.15, -0.1) is 0 Å². The molecule has 1 amide bonds. The monoisotopic (exact) mass is 406 g/mol. The average molecular weight is 406 g/mol. The van der Waals surface area contributed by atoms with E-state index in [1.807, 2.05) is 4.90 Å². The fourth-order valence-electron chi connectivity index (χ4n) is 3.10. The second-order valence-corrected chi connectivity index (χ2v) is 6.66. The third-order valence-electron chi connectivity index (χ3n) is 4.63. The van der Waals surface area contributed by atoms with Gasteiger partial charge >= 0.3 is 6.18 Å². The van der Waals surface area contributed by atoms with E-state index in [4.69, 9.17) is 4.74 Å². The van der Waals surface area contributed by atoms with Gasteiger partial charge in [0.15, 0.2) is 5.78 Å². The van der Waals surface area contributed by atoms with Crippen LogP contribution in [0.15, 0.2) is 48.5 Å². The molecule has 1 heterocycles. The van der Waals surface area contributed by atoms with Crippen LogP contribution in [-0.2, 0) is 15.7 Å². The van der Waals surface area contributed by atoms with Crippen LogP contribution in [0.5, 0.6) is 0 Å². The van der Waals surface area contributed by atoms with E-state index in [2.05, 4.69) is 5.32 Å². The summed E-state index contributed by atoms with van der Waals surface area (Å²) in [4.78, 5) is 26.0. The molecule has 2 aromatic carbocycles. The van der Waals surface area contributed by atoms with Gasteiger partial charge in [0.05, 0.1) is 24.5 Å². The topological polar surface area (TPSA) is 58.6 Å². The van der Waals surface area contributed by atoms with Gasteiger partial charge in [0.1, 0.15) is 0 Å². The number of Topliss-reactive ketones (excluding diaryl/α,β-unsaturated/α-hetero) is 1. The Bertz CT molecular complexity index is 863. The van der Waals surface area contributed by atoms with Crippen molar-refractivity contribution in [2.24, 2.45) is 0 Å². The number of amides is 1. The number of morpholine rings is 1. The Labute approximate surface area is 166 Å². The molecule has 0 aliphatic carbocycles. The quantitative estimate of drug-likeness (QED) is 0.733. The first-order valence-corrected chi connectivity index (χ1v) is 9.26. The summed E-state index contributed by atoms with van der Waals surface area (Å²) in [6, 6.07) is 12.3. The first-order chi connectivity index (χ1) is 13.8. The lowest BCUT2D eigenvalue weighted by atomic mass is 10.1. The first kappa shape index (κ1) is 20.9. The zero-order valence-electron chi connectivity index (χ0n) is 15.7. The Morgan fingerprint density at radius 2 is 1.69 bits per heavy atom. The second-order valence-electron chi connectivity index (χ2n) is 6.66. The van der Waals surface area contributed by atoms with Gasteiger partial charge in [-0.1, -0.05) is 30.3 Å². The van der Waals surface area contributed by atoms with Gasteiger partial charge < -0.3 is 15.0 Å². The van der Waals surface area contributed by atoms with Crippen molar-refractivity contribution < 1.29 is 27.5 Å². The van der Waals surface area contributed by atoms with Crippen molar-refractivity contribution in [2.75, 3.05) is 36.5 Å². The largest absolute Gasteiger partial charge is 0.418 e. The van der Waals surface area contributed by atoms with E-state index in [0.717, 1.165) is 6.07 Å². The molecule has 0 unspecified atom stereocenters. The normalized spacial score (nSPS) is 14.5. The predicted octanol–water partition coefficient (Wildman–Crippen LogP) is 4.14. The Morgan fingerprint density at radius 1 is 1.00 bits per heavy atom. The molecule has 2 aromatic rings. The van der Waals surface area contributed by atoms with E-state index < -0.39 is 17.6 Å².